The van der Waals surface area contributed by atoms with E-state index in [1.165, 1.54) is 12.1 Å². The summed E-state index contributed by atoms with van der Waals surface area (Å²) in [5.74, 6) is 0.272. The first-order chi connectivity index (χ1) is 9.42. The van der Waals surface area contributed by atoms with Crippen LogP contribution < -0.4 is 4.74 Å². The molecule has 20 heavy (non-hydrogen) atoms. The van der Waals surface area contributed by atoms with Gasteiger partial charge in [-0.15, -0.1) is 0 Å². The van der Waals surface area contributed by atoms with Gasteiger partial charge in [0.05, 0.1) is 17.7 Å². The number of halogens is 2. The van der Waals surface area contributed by atoms with E-state index in [1.54, 1.807) is 32.2 Å². The summed E-state index contributed by atoms with van der Waals surface area (Å²) in [6.07, 6.45) is 0.347. The lowest BCUT2D eigenvalue weighted by Gasteiger charge is -2.24. The van der Waals surface area contributed by atoms with Crippen LogP contribution in [0.4, 0.5) is 4.39 Å². The van der Waals surface area contributed by atoms with Crippen LogP contribution in [-0.4, -0.2) is 12.2 Å². The number of ether oxygens (including phenoxy) is 1. The first-order valence-electron chi connectivity index (χ1n) is 6.23. The lowest BCUT2D eigenvalue weighted by atomic mass is 9.89. The third-order valence-corrected chi connectivity index (χ3v) is 3.53. The fourth-order valence-electron chi connectivity index (χ4n) is 2.10. The van der Waals surface area contributed by atoms with Gasteiger partial charge in [-0.05, 0) is 42.3 Å². The Morgan fingerprint density at radius 2 is 1.85 bits per heavy atom. The molecule has 0 amide bonds. The van der Waals surface area contributed by atoms with Crippen LogP contribution in [0.2, 0.25) is 5.02 Å². The zero-order valence-electron chi connectivity index (χ0n) is 11.4. The summed E-state index contributed by atoms with van der Waals surface area (Å²) in [6, 6.07) is 11.7. The highest BCUT2D eigenvalue weighted by Gasteiger charge is 2.24. The van der Waals surface area contributed by atoms with E-state index < -0.39 is 11.4 Å². The molecule has 0 aliphatic rings. The third-order valence-electron chi connectivity index (χ3n) is 3.24. The van der Waals surface area contributed by atoms with Gasteiger partial charge in [0.25, 0.3) is 0 Å². The van der Waals surface area contributed by atoms with Gasteiger partial charge in [0, 0.05) is 6.42 Å². The van der Waals surface area contributed by atoms with E-state index in [4.69, 9.17) is 16.3 Å². The van der Waals surface area contributed by atoms with E-state index in [2.05, 4.69) is 0 Å². The molecule has 2 aromatic carbocycles. The molecule has 0 bridgehead atoms. The van der Waals surface area contributed by atoms with Gasteiger partial charge in [0.2, 0.25) is 0 Å². The molecule has 1 unspecified atom stereocenters. The van der Waals surface area contributed by atoms with Crippen molar-refractivity contribution in [3.63, 3.8) is 0 Å². The SMILES string of the molecule is COc1ccc(C(C)(O)Cc2ccc(F)c(Cl)c2)cc1. The number of methoxy groups -OCH3 is 1. The number of benzene rings is 2. The highest BCUT2D eigenvalue weighted by Crippen LogP contribution is 2.28. The van der Waals surface area contributed by atoms with Gasteiger partial charge in [-0.3, -0.25) is 0 Å². The molecular weight excluding hydrogens is 279 g/mol. The zero-order valence-corrected chi connectivity index (χ0v) is 12.1. The lowest BCUT2D eigenvalue weighted by Crippen LogP contribution is -2.24. The van der Waals surface area contributed by atoms with Crippen molar-refractivity contribution in [1.82, 2.24) is 0 Å². The second kappa shape index (κ2) is 5.81. The Morgan fingerprint density at radius 3 is 2.40 bits per heavy atom. The molecule has 0 spiro atoms. The predicted octanol–water partition coefficient (Wildman–Crippen LogP) is 3.94. The second-order valence-corrected chi connectivity index (χ2v) is 5.33. The standard InChI is InChI=1S/C16H16ClFO2/c1-16(19,12-4-6-13(20-2)7-5-12)10-11-3-8-15(18)14(17)9-11/h3-9,19H,10H2,1-2H3. The summed E-state index contributed by atoms with van der Waals surface area (Å²) in [5.41, 5.74) is 0.476. The van der Waals surface area contributed by atoms with E-state index in [1.807, 2.05) is 12.1 Å². The van der Waals surface area contributed by atoms with Crippen LogP contribution in [0, 0.1) is 5.82 Å². The van der Waals surface area contributed by atoms with E-state index in [0.29, 0.717) is 6.42 Å². The molecule has 0 saturated heterocycles. The van der Waals surface area contributed by atoms with E-state index in [-0.39, 0.29) is 5.02 Å². The van der Waals surface area contributed by atoms with E-state index >= 15 is 0 Å². The van der Waals surface area contributed by atoms with Crippen LogP contribution in [0.3, 0.4) is 0 Å². The summed E-state index contributed by atoms with van der Waals surface area (Å²) in [4.78, 5) is 0. The summed E-state index contributed by atoms with van der Waals surface area (Å²) in [6.45, 7) is 1.71. The third kappa shape index (κ3) is 3.30. The quantitative estimate of drug-likeness (QED) is 0.925. The lowest BCUT2D eigenvalue weighted by molar-refractivity contribution is 0.0575. The predicted molar refractivity (Wildman–Crippen MR) is 77.7 cm³/mol. The summed E-state index contributed by atoms with van der Waals surface area (Å²) < 4.78 is 18.2. The molecule has 2 nitrogen and oxygen atoms in total. The average molecular weight is 295 g/mol. The Labute approximate surface area is 122 Å². The summed E-state index contributed by atoms with van der Waals surface area (Å²) >= 11 is 5.76. The molecular formula is C16H16ClFO2. The van der Waals surface area contributed by atoms with E-state index in [0.717, 1.165) is 16.9 Å². The van der Waals surface area contributed by atoms with Crippen molar-refractivity contribution in [2.24, 2.45) is 0 Å². The largest absolute Gasteiger partial charge is 0.497 e. The van der Waals surface area contributed by atoms with Crippen LogP contribution >= 0.6 is 11.6 Å². The maximum Gasteiger partial charge on any atom is 0.141 e. The monoisotopic (exact) mass is 294 g/mol. The first-order valence-corrected chi connectivity index (χ1v) is 6.61. The van der Waals surface area contributed by atoms with Gasteiger partial charge < -0.3 is 9.84 Å². The minimum atomic E-state index is -1.06. The molecule has 2 rings (SSSR count). The molecule has 0 aromatic heterocycles. The summed E-state index contributed by atoms with van der Waals surface area (Å²) in [7, 11) is 1.59. The van der Waals surface area contributed by atoms with Crippen LogP contribution in [0.15, 0.2) is 42.5 Å². The number of aliphatic hydroxyl groups is 1. The van der Waals surface area contributed by atoms with Gasteiger partial charge in [-0.1, -0.05) is 29.8 Å². The molecule has 4 heteroatoms. The molecule has 0 aliphatic heterocycles. The highest BCUT2D eigenvalue weighted by atomic mass is 35.5. The maximum absolute atomic E-state index is 13.1. The van der Waals surface area contributed by atoms with E-state index in [9.17, 15) is 9.50 Å². The second-order valence-electron chi connectivity index (χ2n) is 4.93. The van der Waals surface area contributed by atoms with Crippen LogP contribution in [-0.2, 0) is 12.0 Å². The number of hydrogen-bond donors (Lipinski definition) is 1. The minimum absolute atomic E-state index is 0.0630. The van der Waals surface area contributed by atoms with Crippen molar-refractivity contribution in [2.45, 2.75) is 18.9 Å². The average Bonchev–Trinajstić information content (AvgIpc) is 2.43. The molecule has 0 fully saturated rings. The molecule has 0 heterocycles. The summed E-state index contributed by atoms with van der Waals surface area (Å²) in [5, 5.41) is 10.6. The maximum atomic E-state index is 13.1. The van der Waals surface area contributed by atoms with Crippen molar-refractivity contribution >= 4 is 11.6 Å². The molecule has 0 radical (unpaired) electrons. The minimum Gasteiger partial charge on any atom is -0.497 e. The Hall–Kier alpha value is -1.58. The van der Waals surface area contributed by atoms with Gasteiger partial charge in [0.1, 0.15) is 11.6 Å². The Bertz CT molecular complexity index is 594. The van der Waals surface area contributed by atoms with Gasteiger partial charge in [0.15, 0.2) is 0 Å². The first kappa shape index (κ1) is 14.8. The molecule has 106 valence electrons. The molecule has 1 N–H and O–H groups in total. The van der Waals surface area contributed by atoms with Crippen molar-refractivity contribution in [1.29, 1.82) is 0 Å². The fourth-order valence-corrected chi connectivity index (χ4v) is 2.30. The van der Waals surface area contributed by atoms with Crippen molar-refractivity contribution in [3.05, 3.63) is 64.4 Å². The van der Waals surface area contributed by atoms with Crippen molar-refractivity contribution < 1.29 is 14.2 Å². The molecule has 2 aromatic rings. The number of rotatable bonds is 4. The Kier molecular flexibility index (Phi) is 4.31. The highest BCUT2D eigenvalue weighted by molar-refractivity contribution is 6.30. The number of hydrogen-bond acceptors (Lipinski definition) is 2. The van der Waals surface area contributed by atoms with Crippen LogP contribution in [0.1, 0.15) is 18.1 Å². The Morgan fingerprint density at radius 1 is 1.20 bits per heavy atom. The normalized spacial score (nSPS) is 13.8. The van der Waals surface area contributed by atoms with Gasteiger partial charge in [-0.25, -0.2) is 4.39 Å². The van der Waals surface area contributed by atoms with Gasteiger partial charge in [-0.2, -0.15) is 0 Å². The van der Waals surface area contributed by atoms with Crippen LogP contribution in [0.25, 0.3) is 0 Å². The zero-order chi connectivity index (χ0) is 14.8. The smallest absolute Gasteiger partial charge is 0.141 e. The van der Waals surface area contributed by atoms with Gasteiger partial charge >= 0.3 is 0 Å². The molecule has 1 atom stereocenters. The molecule has 0 aliphatic carbocycles. The topological polar surface area (TPSA) is 29.5 Å². The fraction of sp³-hybridized carbons (Fsp3) is 0.250. The van der Waals surface area contributed by atoms with Crippen LogP contribution in [0.5, 0.6) is 5.75 Å². The molecule has 0 saturated carbocycles. The van der Waals surface area contributed by atoms with Crippen molar-refractivity contribution in [2.75, 3.05) is 7.11 Å². The van der Waals surface area contributed by atoms with Crippen molar-refractivity contribution in [3.8, 4) is 5.75 Å². The Balaban J connectivity index is 2.22.